The number of aryl methyl sites for hydroxylation is 1. The molecule has 118 valence electrons. The van der Waals surface area contributed by atoms with Crippen molar-refractivity contribution in [2.75, 3.05) is 39.9 Å². The van der Waals surface area contributed by atoms with Crippen molar-refractivity contribution in [2.24, 2.45) is 5.92 Å². The first-order valence-electron chi connectivity index (χ1n) is 7.37. The van der Waals surface area contributed by atoms with E-state index in [4.69, 9.17) is 4.74 Å². The molecule has 0 unspecified atom stereocenters. The summed E-state index contributed by atoms with van der Waals surface area (Å²) in [4.78, 5) is 3.35. The van der Waals surface area contributed by atoms with Gasteiger partial charge in [-0.1, -0.05) is 6.92 Å². The molecule has 1 aromatic rings. The molecular weight excluding hydrogens is 308 g/mol. The second-order valence-electron chi connectivity index (χ2n) is 5.89. The van der Waals surface area contributed by atoms with Gasteiger partial charge in [0.25, 0.3) is 10.0 Å². The molecule has 3 heterocycles. The van der Waals surface area contributed by atoms with Crippen LogP contribution in [0, 0.1) is 5.92 Å². The van der Waals surface area contributed by atoms with Crippen LogP contribution in [0.1, 0.15) is 11.8 Å². The summed E-state index contributed by atoms with van der Waals surface area (Å²) in [5.74, 6) is 0.253. The molecule has 5 nitrogen and oxygen atoms in total. The number of thiophene rings is 1. The van der Waals surface area contributed by atoms with Crippen molar-refractivity contribution in [3.63, 3.8) is 0 Å². The van der Waals surface area contributed by atoms with Crippen molar-refractivity contribution in [2.45, 2.75) is 23.6 Å². The Hall–Kier alpha value is -0.470. The molecule has 3 rings (SSSR count). The van der Waals surface area contributed by atoms with Crippen LogP contribution in [0.4, 0.5) is 0 Å². The van der Waals surface area contributed by atoms with E-state index in [1.54, 1.807) is 10.4 Å². The number of sulfonamides is 1. The van der Waals surface area contributed by atoms with Crippen LogP contribution in [-0.4, -0.2) is 63.6 Å². The maximum atomic E-state index is 12.9. The number of ether oxygens (including phenoxy) is 1. The molecule has 2 fully saturated rings. The van der Waals surface area contributed by atoms with Crippen molar-refractivity contribution < 1.29 is 13.2 Å². The summed E-state index contributed by atoms with van der Waals surface area (Å²) < 4.78 is 33.6. The SMILES string of the molecule is CCc1ccc(S(=O)(=O)N2C[C@@H]3COC[C@H](C2)N(C)C3)s1. The molecule has 2 bridgehead atoms. The molecule has 2 atom stereocenters. The molecule has 7 heteroatoms. The van der Waals surface area contributed by atoms with Crippen LogP contribution in [0.5, 0.6) is 0 Å². The summed E-state index contributed by atoms with van der Waals surface area (Å²) >= 11 is 1.39. The second-order valence-corrected chi connectivity index (χ2v) is 9.23. The normalized spacial score (nSPS) is 28.5. The largest absolute Gasteiger partial charge is 0.379 e. The zero-order valence-electron chi connectivity index (χ0n) is 12.5. The quantitative estimate of drug-likeness (QED) is 0.837. The van der Waals surface area contributed by atoms with Gasteiger partial charge >= 0.3 is 0 Å². The van der Waals surface area contributed by atoms with Gasteiger partial charge in [-0.25, -0.2) is 8.42 Å². The van der Waals surface area contributed by atoms with Gasteiger partial charge in [-0.2, -0.15) is 4.31 Å². The molecule has 0 N–H and O–H groups in total. The van der Waals surface area contributed by atoms with Crippen LogP contribution >= 0.6 is 11.3 Å². The van der Waals surface area contributed by atoms with Crippen LogP contribution < -0.4 is 0 Å². The fraction of sp³-hybridized carbons (Fsp3) is 0.714. The van der Waals surface area contributed by atoms with E-state index in [2.05, 4.69) is 11.9 Å². The van der Waals surface area contributed by atoms with Crippen molar-refractivity contribution in [1.29, 1.82) is 0 Å². The highest BCUT2D eigenvalue weighted by atomic mass is 32.2. The molecule has 0 radical (unpaired) electrons. The predicted octanol–water partition coefficient (Wildman–Crippen LogP) is 1.26. The van der Waals surface area contributed by atoms with E-state index in [0.29, 0.717) is 30.5 Å². The zero-order valence-corrected chi connectivity index (χ0v) is 14.1. The van der Waals surface area contributed by atoms with Gasteiger partial charge in [-0.15, -0.1) is 11.3 Å². The Morgan fingerprint density at radius 2 is 2.10 bits per heavy atom. The summed E-state index contributed by atoms with van der Waals surface area (Å²) in [7, 11) is -1.31. The highest BCUT2D eigenvalue weighted by Gasteiger charge is 2.37. The minimum absolute atomic E-state index is 0.151. The van der Waals surface area contributed by atoms with Crippen LogP contribution in [0.2, 0.25) is 0 Å². The predicted molar refractivity (Wildman–Crippen MR) is 83.2 cm³/mol. The Balaban J connectivity index is 1.88. The fourth-order valence-corrected chi connectivity index (χ4v) is 6.02. The standard InChI is InChI=1S/C14H22N2O3S2/c1-3-13-4-5-14(20-13)21(17,18)16-7-11-6-15(2)12(8-16)10-19-9-11/h4-5,11-12H,3,6-10H2,1-2H3/t11-,12+/m1/s1. The molecule has 0 aliphatic carbocycles. The number of nitrogens with zero attached hydrogens (tertiary/aromatic N) is 2. The van der Waals surface area contributed by atoms with Crippen LogP contribution in [0.15, 0.2) is 16.3 Å². The summed E-state index contributed by atoms with van der Waals surface area (Å²) in [6.07, 6.45) is 0.877. The minimum Gasteiger partial charge on any atom is -0.379 e. The van der Waals surface area contributed by atoms with Crippen LogP contribution in [-0.2, 0) is 21.2 Å². The van der Waals surface area contributed by atoms with Gasteiger partial charge in [-0.05, 0) is 25.6 Å². The second kappa shape index (κ2) is 5.96. The van der Waals surface area contributed by atoms with E-state index >= 15 is 0 Å². The van der Waals surface area contributed by atoms with Gasteiger partial charge in [0.05, 0.1) is 13.2 Å². The molecule has 2 aliphatic heterocycles. The molecule has 0 saturated carbocycles. The molecule has 2 aliphatic rings. The average molecular weight is 330 g/mol. The molecule has 0 amide bonds. The van der Waals surface area contributed by atoms with Gasteiger partial charge in [0, 0.05) is 36.5 Å². The maximum Gasteiger partial charge on any atom is 0.252 e. The third-order valence-electron chi connectivity index (χ3n) is 4.29. The monoisotopic (exact) mass is 330 g/mol. The Labute approximate surface area is 130 Å². The first-order chi connectivity index (χ1) is 10.0. The van der Waals surface area contributed by atoms with E-state index < -0.39 is 10.0 Å². The van der Waals surface area contributed by atoms with Gasteiger partial charge in [-0.3, -0.25) is 4.90 Å². The van der Waals surface area contributed by atoms with Crippen molar-refractivity contribution in [3.8, 4) is 0 Å². The lowest BCUT2D eigenvalue weighted by Crippen LogP contribution is -2.44. The summed E-state index contributed by atoms with van der Waals surface area (Å²) in [6, 6.07) is 3.82. The number of likely N-dealkylation sites (N-methyl/N-ethyl adjacent to an activating group) is 1. The van der Waals surface area contributed by atoms with Gasteiger partial charge in [0.15, 0.2) is 0 Å². The number of hydrogen-bond donors (Lipinski definition) is 0. The molecule has 0 aromatic carbocycles. The van der Waals surface area contributed by atoms with Gasteiger partial charge in [0.1, 0.15) is 4.21 Å². The van der Waals surface area contributed by atoms with Gasteiger partial charge < -0.3 is 4.74 Å². The lowest BCUT2D eigenvalue weighted by molar-refractivity contribution is 0.0728. The fourth-order valence-electron chi connectivity index (χ4n) is 3.02. The van der Waals surface area contributed by atoms with E-state index in [1.807, 2.05) is 13.0 Å². The highest BCUT2D eigenvalue weighted by Crippen LogP contribution is 2.28. The van der Waals surface area contributed by atoms with Crippen LogP contribution in [0.25, 0.3) is 0 Å². The van der Waals surface area contributed by atoms with Crippen molar-refractivity contribution in [1.82, 2.24) is 9.21 Å². The molecular formula is C14H22N2O3S2. The Kier molecular flexibility index (Phi) is 4.38. The van der Waals surface area contributed by atoms with Crippen molar-refractivity contribution in [3.05, 3.63) is 17.0 Å². The topological polar surface area (TPSA) is 49.9 Å². The lowest BCUT2D eigenvalue weighted by atomic mass is 10.1. The van der Waals surface area contributed by atoms with Crippen molar-refractivity contribution >= 4 is 21.4 Å². The summed E-state index contributed by atoms with van der Waals surface area (Å²) in [6.45, 7) is 5.30. The summed E-state index contributed by atoms with van der Waals surface area (Å²) in [5.41, 5.74) is 0. The summed E-state index contributed by atoms with van der Waals surface area (Å²) in [5, 5.41) is 0. The minimum atomic E-state index is -3.37. The molecule has 1 aromatic heterocycles. The Bertz CT molecular complexity index is 599. The van der Waals surface area contributed by atoms with Crippen LogP contribution in [0.3, 0.4) is 0 Å². The Morgan fingerprint density at radius 1 is 1.29 bits per heavy atom. The molecule has 2 saturated heterocycles. The lowest BCUT2D eigenvalue weighted by Gasteiger charge is -2.28. The average Bonchev–Trinajstić information content (AvgIpc) is 2.77. The zero-order chi connectivity index (χ0) is 15.0. The van der Waals surface area contributed by atoms with E-state index in [9.17, 15) is 8.42 Å². The third-order valence-corrected chi connectivity index (χ3v) is 7.82. The maximum absolute atomic E-state index is 12.9. The first kappa shape index (κ1) is 15.4. The van der Waals surface area contributed by atoms with E-state index in [0.717, 1.165) is 17.8 Å². The first-order valence-corrected chi connectivity index (χ1v) is 9.63. The third kappa shape index (κ3) is 3.03. The highest BCUT2D eigenvalue weighted by molar-refractivity contribution is 7.91. The number of hydrogen-bond acceptors (Lipinski definition) is 5. The molecule has 0 spiro atoms. The van der Waals surface area contributed by atoms with E-state index in [1.165, 1.54) is 11.3 Å². The Morgan fingerprint density at radius 3 is 2.81 bits per heavy atom. The van der Waals surface area contributed by atoms with E-state index in [-0.39, 0.29) is 12.0 Å². The molecule has 21 heavy (non-hydrogen) atoms. The number of rotatable bonds is 3. The smallest absolute Gasteiger partial charge is 0.252 e. The van der Waals surface area contributed by atoms with Gasteiger partial charge in [0.2, 0.25) is 0 Å². The number of fused-ring (bicyclic) bond motifs is 3.